The van der Waals surface area contributed by atoms with E-state index in [1.165, 1.54) is 6.07 Å². The van der Waals surface area contributed by atoms with E-state index >= 15 is 0 Å². The van der Waals surface area contributed by atoms with E-state index in [4.69, 9.17) is 4.74 Å². The summed E-state index contributed by atoms with van der Waals surface area (Å²) in [6.07, 6.45) is 2.02. The highest BCUT2D eigenvalue weighted by molar-refractivity contribution is 6.01. The Balaban J connectivity index is 1.54. The molecule has 2 aromatic rings. The third-order valence-electron chi connectivity index (χ3n) is 5.67. The molecule has 5 nitrogen and oxygen atoms in total. The number of carbonyl (C=O) groups is 2. The van der Waals surface area contributed by atoms with Crippen LogP contribution in [0.1, 0.15) is 30.4 Å². The molecule has 2 amide bonds. The maximum Gasteiger partial charge on any atom is 0.228 e. The van der Waals surface area contributed by atoms with Crippen LogP contribution in [0.25, 0.3) is 0 Å². The predicted molar refractivity (Wildman–Crippen MR) is 108 cm³/mol. The Labute approximate surface area is 170 Å². The first kappa shape index (κ1) is 19.4. The largest absolute Gasteiger partial charge is 0.495 e. The van der Waals surface area contributed by atoms with E-state index in [0.29, 0.717) is 23.5 Å². The summed E-state index contributed by atoms with van der Waals surface area (Å²) in [5, 5.41) is 0. The second-order valence-corrected chi connectivity index (χ2v) is 7.87. The van der Waals surface area contributed by atoms with E-state index in [1.54, 1.807) is 35.1 Å². The molecule has 1 aliphatic carbocycles. The third-order valence-corrected chi connectivity index (χ3v) is 5.67. The molecule has 29 heavy (non-hydrogen) atoms. The van der Waals surface area contributed by atoms with E-state index < -0.39 is 5.92 Å². The molecule has 0 spiro atoms. The van der Waals surface area contributed by atoms with E-state index in [0.717, 1.165) is 18.4 Å². The second-order valence-electron chi connectivity index (χ2n) is 7.87. The lowest BCUT2D eigenvalue weighted by Gasteiger charge is -2.26. The molecule has 0 radical (unpaired) electrons. The van der Waals surface area contributed by atoms with Crippen molar-refractivity contribution in [2.75, 3.05) is 18.6 Å². The van der Waals surface area contributed by atoms with Crippen molar-refractivity contribution in [2.45, 2.75) is 38.8 Å². The van der Waals surface area contributed by atoms with Gasteiger partial charge < -0.3 is 14.5 Å². The number of aryl methyl sites for hydroxylation is 1. The van der Waals surface area contributed by atoms with Crippen LogP contribution < -0.4 is 9.64 Å². The highest BCUT2D eigenvalue weighted by Crippen LogP contribution is 2.36. The van der Waals surface area contributed by atoms with Gasteiger partial charge >= 0.3 is 0 Å². The number of nitrogens with zero attached hydrogens (tertiary/aromatic N) is 2. The number of rotatable bonds is 6. The van der Waals surface area contributed by atoms with Gasteiger partial charge in [-0.2, -0.15) is 0 Å². The summed E-state index contributed by atoms with van der Waals surface area (Å²) in [6.45, 7) is 2.52. The van der Waals surface area contributed by atoms with Gasteiger partial charge in [-0.1, -0.05) is 24.3 Å². The van der Waals surface area contributed by atoms with Crippen molar-refractivity contribution in [3.05, 3.63) is 59.4 Å². The van der Waals surface area contributed by atoms with E-state index in [-0.39, 0.29) is 36.6 Å². The van der Waals surface area contributed by atoms with Gasteiger partial charge in [-0.15, -0.1) is 0 Å². The molecule has 2 fully saturated rings. The van der Waals surface area contributed by atoms with Crippen molar-refractivity contribution in [2.24, 2.45) is 5.92 Å². The molecule has 1 atom stereocenters. The summed E-state index contributed by atoms with van der Waals surface area (Å²) >= 11 is 0. The second kappa shape index (κ2) is 7.85. The van der Waals surface area contributed by atoms with Gasteiger partial charge in [0.25, 0.3) is 0 Å². The molecular formula is C23H25FN2O3. The summed E-state index contributed by atoms with van der Waals surface area (Å²) in [5.74, 6) is -0.283. The first-order chi connectivity index (χ1) is 14.0. The van der Waals surface area contributed by atoms with Gasteiger partial charge in [-0.05, 0) is 43.5 Å². The lowest BCUT2D eigenvalue weighted by molar-refractivity contribution is -0.137. The first-order valence-corrected chi connectivity index (χ1v) is 9.97. The van der Waals surface area contributed by atoms with E-state index in [1.807, 2.05) is 25.1 Å². The van der Waals surface area contributed by atoms with Crippen molar-refractivity contribution in [1.82, 2.24) is 4.90 Å². The topological polar surface area (TPSA) is 49.9 Å². The fourth-order valence-electron chi connectivity index (χ4n) is 3.93. The van der Waals surface area contributed by atoms with Crippen LogP contribution in [0.3, 0.4) is 0 Å². The Bertz CT molecular complexity index is 941. The van der Waals surface area contributed by atoms with Crippen LogP contribution in [0.4, 0.5) is 10.1 Å². The Morgan fingerprint density at radius 1 is 1.24 bits per heavy atom. The molecule has 152 valence electrons. The average molecular weight is 396 g/mol. The van der Waals surface area contributed by atoms with Gasteiger partial charge in [0, 0.05) is 31.1 Å². The Hall–Kier alpha value is -2.89. The van der Waals surface area contributed by atoms with Crippen molar-refractivity contribution >= 4 is 17.5 Å². The maximum absolute atomic E-state index is 14.1. The summed E-state index contributed by atoms with van der Waals surface area (Å²) in [7, 11) is 1.57. The summed E-state index contributed by atoms with van der Waals surface area (Å²) in [5.41, 5.74) is 2.22. The third kappa shape index (κ3) is 3.97. The Morgan fingerprint density at radius 3 is 2.69 bits per heavy atom. The number of amides is 2. The van der Waals surface area contributed by atoms with Gasteiger partial charge in [-0.25, -0.2) is 4.39 Å². The number of halogens is 1. The molecule has 1 saturated carbocycles. The number of hydrogen-bond acceptors (Lipinski definition) is 3. The number of anilines is 1. The van der Waals surface area contributed by atoms with Gasteiger partial charge in [0.05, 0.1) is 18.7 Å². The number of benzene rings is 2. The molecule has 2 aromatic carbocycles. The van der Waals surface area contributed by atoms with Gasteiger partial charge in [0.1, 0.15) is 11.6 Å². The predicted octanol–water partition coefficient (Wildman–Crippen LogP) is 3.69. The minimum absolute atomic E-state index is 0.0711. The molecular weight excluding hydrogens is 371 g/mol. The highest BCUT2D eigenvalue weighted by atomic mass is 19.1. The van der Waals surface area contributed by atoms with Gasteiger partial charge in [-0.3, -0.25) is 9.59 Å². The van der Waals surface area contributed by atoms with Gasteiger partial charge in [0.15, 0.2) is 0 Å². The molecule has 6 heteroatoms. The molecule has 2 aliphatic rings. The summed E-state index contributed by atoms with van der Waals surface area (Å²) < 4.78 is 19.5. The SMILES string of the molecule is COc1ccc(C)cc1N1CC(C(=O)N(Cc2ccccc2F)C2CC2)CC1=O. The van der Waals surface area contributed by atoms with Crippen LogP contribution in [0.2, 0.25) is 0 Å². The molecule has 1 saturated heterocycles. The van der Waals surface area contributed by atoms with Crippen LogP contribution >= 0.6 is 0 Å². The fraction of sp³-hybridized carbons (Fsp3) is 0.391. The van der Waals surface area contributed by atoms with Crippen LogP contribution in [0.15, 0.2) is 42.5 Å². The number of hydrogen-bond donors (Lipinski definition) is 0. The zero-order chi connectivity index (χ0) is 20.5. The maximum atomic E-state index is 14.1. The first-order valence-electron chi connectivity index (χ1n) is 9.97. The molecule has 1 heterocycles. The Morgan fingerprint density at radius 2 is 2.00 bits per heavy atom. The minimum atomic E-state index is -0.430. The van der Waals surface area contributed by atoms with Crippen molar-refractivity contribution in [3.8, 4) is 5.75 Å². The fourth-order valence-corrected chi connectivity index (χ4v) is 3.93. The minimum Gasteiger partial charge on any atom is -0.495 e. The van der Waals surface area contributed by atoms with Crippen LogP contribution in [-0.2, 0) is 16.1 Å². The number of ether oxygens (including phenoxy) is 1. The molecule has 1 unspecified atom stereocenters. The van der Waals surface area contributed by atoms with Crippen LogP contribution in [0, 0.1) is 18.7 Å². The smallest absolute Gasteiger partial charge is 0.228 e. The summed E-state index contributed by atoms with van der Waals surface area (Å²) in [6, 6.07) is 12.3. The normalized spacial score (nSPS) is 18.8. The number of carbonyl (C=O) groups excluding carboxylic acids is 2. The number of methoxy groups -OCH3 is 1. The molecule has 0 N–H and O–H groups in total. The summed E-state index contributed by atoms with van der Waals surface area (Å²) in [4.78, 5) is 29.4. The van der Waals surface area contributed by atoms with E-state index in [9.17, 15) is 14.0 Å². The average Bonchev–Trinajstić information content (AvgIpc) is 3.48. The molecule has 4 rings (SSSR count). The molecule has 1 aliphatic heterocycles. The monoisotopic (exact) mass is 396 g/mol. The zero-order valence-electron chi connectivity index (χ0n) is 16.7. The lowest BCUT2D eigenvalue weighted by Crippen LogP contribution is -2.38. The lowest BCUT2D eigenvalue weighted by atomic mass is 10.1. The van der Waals surface area contributed by atoms with Gasteiger partial charge in [0.2, 0.25) is 11.8 Å². The van der Waals surface area contributed by atoms with Crippen molar-refractivity contribution in [1.29, 1.82) is 0 Å². The zero-order valence-corrected chi connectivity index (χ0v) is 16.7. The van der Waals surface area contributed by atoms with Crippen molar-refractivity contribution < 1.29 is 18.7 Å². The van der Waals surface area contributed by atoms with Crippen molar-refractivity contribution in [3.63, 3.8) is 0 Å². The van der Waals surface area contributed by atoms with Crippen LogP contribution in [0.5, 0.6) is 5.75 Å². The van der Waals surface area contributed by atoms with Crippen LogP contribution in [-0.4, -0.2) is 36.4 Å². The standard InChI is InChI=1S/C23H25FN2O3/c1-15-7-10-21(29-2)20(11-15)26-14-17(12-22(26)27)23(28)25(18-8-9-18)13-16-5-3-4-6-19(16)24/h3-7,10-11,17-18H,8-9,12-14H2,1-2H3. The quantitative estimate of drug-likeness (QED) is 0.748. The highest BCUT2D eigenvalue weighted by Gasteiger charge is 2.42. The molecule has 0 bridgehead atoms. The van der Waals surface area contributed by atoms with E-state index in [2.05, 4.69) is 0 Å². The Kier molecular flexibility index (Phi) is 5.26. The molecule has 0 aromatic heterocycles.